The van der Waals surface area contributed by atoms with Crippen LogP contribution in [0.3, 0.4) is 0 Å². The van der Waals surface area contributed by atoms with E-state index in [2.05, 4.69) is 5.32 Å². The highest BCUT2D eigenvalue weighted by Crippen LogP contribution is 2.36. The normalized spacial score (nSPS) is 15.2. The predicted octanol–water partition coefficient (Wildman–Crippen LogP) is 4.67. The molecule has 1 aliphatic rings. The van der Waals surface area contributed by atoms with Crippen molar-refractivity contribution in [2.45, 2.75) is 5.54 Å². The molecule has 0 bridgehead atoms. The third-order valence-corrected chi connectivity index (χ3v) is 5.80. The number of hydrogen-bond donors (Lipinski definition) is 1. The van der Waals surface area contributed by atoms with Crippen molar-refractivity contribution in [2.24, 2.45) is 0 Å². The molecule has 0 radical (unpaired) electrons. The molecular weight excluding hydrogens is 423 g/mol. The van der Waals surface area contributed by atoms with E-state index < -0.39 is 29.8 Å². The standard InChI is InChI=1S/C23H16Cl2N2O3/c24-18-12-11-15(13-19(18)25)20(28)14-27-21(29)23(26-22(27)30,16-7-3-1-4-8-16)17-9-5-2-6-10-17/h1-13H,14H2,(H,26,30). The molecule has 3 amide bonds. The van der Waals surface area contributed by atoms with Gasteiger partial charge in [0.05, 0.1) is 16.6 Å². The molecule has 1 saturated heterocycles. The van der Waals surface area contributed by atoms with Gasteiger partial charge < -0.3 is 5.32 Å². The Morgan fingerprint density at radius 3 is 1.93 bits per heavy atom. The Hall–Kier alpha value is -3.15. The van der Waals surface area contributed by atoms with E-state index >= 15 is 0 Å². The van der Waals surface area contributed by atoms with Crippen molar-refractivity contribution < 1.29 is 14.4 Å². The number of Topliss-reactive ketones (excluding diaryl/α,β-unsaturated/α-hetero) is 1. The maximum atomic E-state index is 13.6. The van der Waals surface area contributed by atoms with Crippen LogP contribution in [0.1, 0.15) is 21.5 Å². The number of rotatable bonds is 5. The zero-order valence-electron chi connectivity index (χ0n) is 15.6. The molecule has 0 aliphatic carbocycles. The molecule has 0 saturated carbocycles. The monoisotopic (exact) mass is 438 g/mol. The second-order valence-corrected chi connectivity index (χ2v) is 7.67. The van der Waals surface area contributed by atoms with E-state index in [1.165, 1.54) is 18.2 Å². The minimum Gasteiger partial charge on any atom is -0.315 e. The summed E-state index contributed by atoms with van der Waals surface area (Å²) in [5, 5.41) is 3.36. The number of halogens is 2. The molecule has 1 aliphatic heterocycles. The number of benzene rings is 3. The fourth-order valence-corrected chi connectivity index (χ4v) is 3.86. The van der Waals surface area contributed by atoms with Crippen LogP contribution in [0.2, 0.25) is 10.0 Å². The van der Waals surface area contributed by atoms with E-state index in [1.54, 1.807) is 48.5 Å². The van der Waals surface area contributed by atoms with Crippen molar-refractivity contribution in [1.82, 2.24) is 10.2 Å². The summed E-state index contributed by atoms with van der Waals surface area (Å²) in [5.41, 5.74) is 0.0809. The maximum absolute atomic E-state index is 13.6. The first-order valence-electron chi connectivity index (χ1n) is 9.17. The summed E-state index contributed by atoms with van der Waals surface area (Å²) in [6.07, 6.45) is 0. The van der Waals surface area contributed by atoms with Crippen molar-refractivity contribution in [3.8, 4) is 0 Å². The van der Waals surface area contributed by atoms with E-state index in [1.807, 2.05) is 12.1 Å². The maximum Gasteiger partial charge on any atom is 0.325 e. The number of ketones is 1. The first-order chi connectivity index (χ1) is 14.4. The van der Waals surface area contributed by atoms with Crippen LogP contribution in [-0.4, -0.2) is 29.2 Å². The zero-order chi connectivity index (χ0) is 21.3. The molecule has 7 heteroatoms. The summed E-state index contributed by atoms with van der Waals surface area (Å²) >= 11 is 11.9. The molecule has 3 aromatic carbocycles. The van der Waals surface area contributed by atoms with Gasteiger partial charge in [0, 0.05) is 5.56 Å². The molecule has 3 aromatic rings. The fourth-order valence-electron chi connectivity index (χ4n) is 3.56. The highest BCUT2D eigenvalue weighted by atomic mass is 35.5. The summed E-state index contributed by atoms with van der Waals surface area (Å²) < 4.78 is 0. The highest BCUT2D eigenvalue weighted by molar-refractivity contribution is 6.42. The van der Waals surface area contributed by atoms with Gasteiger partial charge in [0.1, 0.15) is 0 Å². The summed E-state index contributed by atoms with van der Waals surface area (Å²) in [5.74, 6) is -0.938. The van der Waals surface area contributed by atoms with Crippen molar-refractivity contribution in [3.05, 3.63) is 106 Å². The van der Waals surface area contributed by atoms with Crippen molar-refractivity contribution in [2.75, 3.05) is 6.54 Å². The number of hydrogen-bond acceptors (Lipinski definition) is 3. The molecule has 4 rings (SSSR count). The van der Waals surface area contributed by atoms with Crippen molar-refractivity contribution in [3.63, 3.8) is 0 Å². The van der Waals surface area contributed by atoms with Crippen molar-refractivity contribution >= 4 is 40.9 Å². The van der Waals surface area contributed by atoms with Crippen LogP contribution in [0.15, 0.2) is 78.9 Å². The molecule has 5 nitrogen and oxygen atoms in total. The van der Waals surface area contributed by atoms with Crippen LogP contribution >= 0.6 is 23.2 Å². The third-order valence-electron chi connectivity index (χ3n) is 5.06. The summed E-state index contributed by atoms with van der Waals surface area (Å²) in [4.78, 5) is 40.1. The number of imide groups is 1. The van der Waals surface area contributed by atoms with Crippen molar-refractivity contribution in [1.29, 1.82) is 0 Å². The van der Waals surface area contributed by atoms with Gasteiger partial charge in [-0.25, -0.2) is 4.79 Å². The molecule has 150 valence electrons. The largest absolute Gasteiger partial charge is 0.325 e. The molecule has 0 atom stereocenters. The number of nitrogens with one attached hydrogen (secondary N) is 1. The van der Waals surface area contributed by atoms with Gasteiger partial charge in [0.15, 0.2) is 11.3 Å². The molecule has 1 N–H and O–H groups in total. The van der Waals surface area contributed by atoms with Crippen LogP contribution in [0.4, 0.5) is 4.79 Å². The smallest absolute Gasteiger partial charge is 0.315 e. The molecule has 0 aromatic heterocycles. The van der Waals surface area contributed by atoms with Gasteiger partial charge >= 0.3 is 6.03 Å². The Balaban J connectivity index is 1.72. The van der Waals surface area contributed by atoms with Gasteiger partial charge in [-0.2, -0.15) is 0 Å². The topological polar surface area (TPSA) is 66.5 Å². The van der Waals surface area contributed by atoms with E-state index in [0.717, 1.165) is 4.90 Å². The summed E-state index contributed by atoms with van der Waals surface area (Å²) in [6, 6.07) is 21.7. The van der Waals surface area contributed by atoms with Gasteiger partial charge in [0.2, 0.25) is 0 Å². The fraction of sp³-hybridized carbons (Fsp3) is 0.0870. The number of urea groups is 1. The lowest BCUT2D eigenvalue weighted by Crippen LogP contribution is -2.45. The van der Waals surface area contributed by atoms with E-state index in [-0.39, 0.29) is 10.6 Å². The van der Waals surface area contributed by atoms with Crippen LogP contribution in [-0.2, 0) is 10.3 Å². The lowest BCUT2D eigenvalue weighted by atomic mass is 9.82. The Morgan fingerprint density at radius 2 is 1.40 bits per heavy atom. The number of amides is 3. The van der Waals surface area contributed by atoms with Gasteiger partial charge in [-0.3, -0.25) is 14.5 Å². The Labute approximate surface area is 183 Å². The third kappa shape index (κ3) is 3.36. The minimum atomic E-state index is -1.41. The Morgan fingerprint density at radius 1 is 0.833 bits per heavy atom. The van der Waals surface area contributed by atoms with Gasteiger partial charge in [0.25, 0.3) is 5.91 Å². The summed E-state index contributed by atoms with van der Waals surface area (Å²) in [6.45, 7) is -0.413. The first-order valence-corrected chi connectivity index (χ1v) is 9.92. The highest BCUT2D eigenvalue weighted by Gasteiger charge is 2.54. The average Bonchev–Trinajstić information content (AvgIpc) is 3.02. The van der Waals surface area contributed by atoms with Crippen LogP contribution in [0.25, 0.3) is 0 Å². The van der Waals surface area contributed by atoms with Gasteiger partial charge in [-0.15, -0.1) is 0 Å². The zero-order valence-corrected chi connectivity index (χ0v) is 17.2. The van der Waals surface area contributed by atoms with Gasteiger partial charge in [-0.1, -0.05) is 83.9 Å². The van der Waals surface area contributed by atoms with E-state index in [9.17, 15) is 14.4 Å². The molecular formula is C23H16Cl2N2O3. The SMILES string of the molecule is O=C(CN1C(=O)NC(c2ccccc2)(c2ccccc2)C1=O)c1ccc(Cl)c(Cl)c1. The van der Waals surface area contributed by atoms with E-state index in [0.29, 0.717) is 16.1 Å². The first kappa shape index (κ1) is 20.1. The van der Waals surface area contributed by atoms with Crippen LogP contribution in [0.5, 0.6) is 0 Å². The quantitative estimate of drug-likeness (QED) is 0.464. The van der Waals surface area contributed by atoms with E-state index in [4.69, 9.17) is 23.2 Å². The number of carbonyl (C=O) groups excluding carboxylic acids is 3. The lowest BCUT2D eigenvalue weighted by Gasteiger charge is -2.28. The predicted molar refractivity (Wildman–Crippen MR) is 115 cm³/mol. The second kappa shape index (κ2) is 7.94. The lowest BCUT2D eigenvalue weighted by molar-refractivity contribution is -0.129. The minimum absolute atomic E-state index is 0.225. The Kier molecular flexibility index (Phi) is 5.33. The molecule has 1 heterocycles. The summed E-state index contributed by atoms with van der Waals surface area (Å²) in [7, 11) is 0. The number of carbonyl (C=O) groups is 3. The molecule has 1 fully saturated rings. The Bertz CT molecular complexity index is 1090. The van der Waals surface area contributed by atoms with Gasteiger partial charge in [-0.05, 0) is 29.3 Å². The van der Waals surface area contributed by atoms with Crippen LogP contribution < -0.4 is 5.32 Å². The molecule has 0 unspecified atom stereocenters. The van der Waals surface area contributed by atoms with Crippen LogP contribution in [0, 0.1) is 0 Å². The average molecular weight is 439 g/mol. The molecule has 0 spiro atoms. The second-order valence-electron chi connectivity index (χ2n) is 6.86. The number of nitrogens with zero attached hydrogens (tertiary/aromatic N) is 1. The molecule has 30 heavy (non-hydrogen) atoms.